The summed E-state index contributed by atoms with van der Waals surface area (Å²) < 4.78 is 0. The van der Waals surface area contributed by atoms with E-state index in [2.05, 4.69) is 10.3 Å². The molecule has 0 bridgehead atoms. The van der Waals surface area contributed by atoms with Crippen LogP contribution in [0.1, 0.15) is 21.1 Å². The number of aromatic nitrogens is 1. The molecule has 0 fully saturated rings. The number of nitrogens with zero attached hydrogens (tertiary/aromatic N) is 1. The molecule has 0 unspecified atom stereocenters. The molecule has 94 valence electrons. The molecule has 0 aliphatic heterocycles. The van der Waals surface area contributed by atoms with Gasteiger partial charge in [0.05, 0.1) is 17.3 Å². The SMILES string of the molecule is Cc1csc(CNC(=O)c2ccc(Cl)c(N)c2)n1. The van der Waals surface area contributed by atoms with Gasteiger partial charge in [-0.05, 0) is 25.1 Å². The molecule has 0 saturated heterocycles. The monoisotopic (exact) mass is 281 g/mol. The van der Waals surface area contributed by atoms with Crippen LogP contribution in [0.25, 0.3) is 0 Å². The van der Waals surface area contributed by atoms with E-state index in [1.54, 1.807) is 18.2 Å². The van der Waals surface area contributed by atoms with Crippen LogP contribution in [0.5, 0.6) is 0 Å². The number of thiazole rings is 1. The first-order chi connectivity index (χ1) is 8.56. The number of nitrogen functional groups attached to an aromatic ring is 1. The lowest BCUT2D eigenvalue weighted by Gasteiger charge is -2.05. The summed E-state index contributed by atoms with van der Waals surface area (Å²) in [4.78, 5) is 16.1. The third-order valence-electron chi connectivity index (χ3n) is 2.32. The van der Waals surface area contributed by atoms with Gasteiger partial charge >= 0.3 is 0 Å². The van der Waals surface area contributed by atoms with Crippen molar-refractivity contribution in [1.82, 2.24) is 10.3 Å². The first kappa shape index (κ1) is 12.9. The maximum absolute atomic E-state index is 11.9. The Hall–Kier alpha value is -1.59. The molecule has 0 aliphatic rings. The number of rotatable bonds is 3. The van der Waals surface area contributed by atoms with Crippen molar-refractivity contribution in [3.05, 3.63) is 44.9 Å². The average Bonchev–Trinajstić information content (AvgIpc) is 2.75. The van der Waals surface area contributed by atoms with E-state index in [1.165, 1.54) is 11.3 Å². The molecule has 0 spiro atoms. The Balaban J connectivity index is 2.01. The molecule has 0 saturated carbocycles. The first-order valence-electron chi connectivity index (χ1n) is 5.30. The molecule has 1 heterocycles. The molecule has 1 aromatic carbocycles. The van der Waals surface area contributed by atoms with E-state index in [0.29, 0.717) is 22.8 Å². The second-order valence-corrected chi connectivity index (χ2v) is 5.15. The minimum Gasteiger partial charge on any atom is -0.398 e. The summed E-state index contributed by atoms with van der Waals surface area (Å²) in [5.74, 6) is -0.189. The van der Waals surface area contributed by atoms with Gasteiger partial charge in [-0.1, -0.05) is 11.6 Å². The number of nitrogens with two attached hydrogens (primary N) is 1. The van der Waals surface area contributed by atoms with E-state index in [0.717, 1.165) is 10.7 Å². The van der Waals surface area contributed by atoms with E-state index in [9.17, 15) is 4.79 Å². The molecule has 4 nitrogen and oxygen atoms in total. The van der Waals surface area contributed by atoms with Crippen LogP contribution in [0.3, 0.4) is 0 Å². The van der Waals surface area contributed by atoms with Crippen molar-refractivity contribution in [2.24, 2.45) is 0 Å². The Morgan fingerprint density at radius 1 is 1.56 bits per heavy atom. The third-order valence-corrected chi connectivity index (χ3v) is 3.64. The maximum Gasteiger partial charge on any atom is 0.251 e. The van der Waals surface area contributed by atoms with E-state index in [4.69, 9.17) is 17.3 Å². The number of hydrogen-bond donors (Lipinski definition) is 2. The smallest absolute Gasteiger partial charge is 0.251 e. The second kappa shape index (κ2) is 5.37. The molecular weight excluding hydrogens is 270 g/mol. The molecule has 1 aromatic heterocycles. The van der Waals surface area contributed by atoms with E-state index in [-0.39, 0.29) is 5.91 Å². The zero-order valence-electron chi connectivity index (χ0n) is 9.74. The van der Waals surface area contributed by atoms with Gasteiger partial charge in [-0.15, -0.1) is 11.3 Å². The number of hydrogen-bond acceptors (Lipinski definition) is 4. The van der Waals surface area contributed by atoms with E-state index in [1.807, 2.05) is 12.3 Å². The van der Waals surface area contributed by atoms with E-state index < -0.39 is 0 Å². The van der Waals surface area contributed by atoms with Crippen molar-refractivity contribution >= 4 is 34.5 Å². The van der Waals surface area contributed by atoms with Crippen LogP contribution in [-0.2, 0) is 6.54 Å². The van der Waals surface area contributed by atoms with Crippen molar-refractivity contribution in [2.45, 2.75) is 13.5 Å². The molecule has 3 N–H and O–H groups in total. The van der Waals surface area contributed by atoms with Gasteiger partial charge in [0.1, 0.15) is 5.01 Å². The highest BCUT2D eigenvalue weighted by molar-refractivity contribution is 7.09. The Morgan fingerprint density at radius 2 is 2.33 bits per heavy atom. The number of amides is 1. The molecule has 18 heavy (non-hydrogen) atoms. The third kappa shape index (κ3) is 3.00. The van der Waals surface area contributed by atoms with Gasteiger partial charge in [0.25, 0.3) is 5.91 Å². The predicted octanol–water partition coefficient (Wildman–Crippen LogP) is 2.62. The Kier molecular flexibility index (Phi) is 3.84. The largest absolute Gasteiger partial charge is 0.398 e. The van der Waals surface area contributed by atoms with Gasteiger partial charge < -0.3 is 11.1 Å². The molecule has 2 rings (SSSR count). The maximum atomic E-state index is 11.9. The van der Waals surface area contributed by atoms with Gasteiger partial charge in [-0.25, -0.2) is 4.98 Å². The van der Waals surface area contributed by atoms with Crippen LogP contribution in [0, 0.1) is 6.92 Å². The van der Waals surface area contributed by atoms with Gasteiger partial charge in [-0.2, -0.15) is 0 Å². The molecule has 2 aromatic rings. The van der Waals surface area contributed by atoms with Gasteiger partial charge in [0, 0.05) is 16.6 Å². The zero-order valence-corrected chi connectivity index (χ0v) is 11.3. The Morgan fingerprint density at radius 3 is 2.94 bits per heavy atom. The predicted molar refractivity (Wildman–Crippen MR) is 73.9 cm³/mol. The topological polar surface area (TPSA) is 68.0 Å². The van der Waals surface area contributed by atoms with Crippen LogP contribution in [0.15, 0.2) is 23.6 Å². The normalized spacial score (nSPS) is 10.3. The van der Waals surface area contributed by atoms with Gasteiger partial charge in [0.2, 0.25) is 0 Å². The fourth-order valence-corrected chi connectivity index (χ4v) is 2.26. The van der Waals surface area contributed by atoms with Crippen molar-refractivity contribution < 1.29 is 4.79 Å². The quantitative estimate of drug-likeness (QED) is 0.850. The highest BCUT2D eigenvalue weighted by atomic mass is 35.5. The van der Waals surface area contributed by atoms with Crippen LogP contribution < -0.4 is 11.1 Å². The number of carbonyl (C=O) groups excluding carboxylic acids is 1. The number of carbonyl (C=O) groups is 1. The van der Waals surface area contributed by atoms with Crippen LogP contribution in [-0.4, -0.2) is 10.9 Å². The van der Waals surface area contributed by atoms with Crippen LogP contribution >= 0.6 is 22.9 Å². The van der Waals surface area contributed by atoms with Crippen LogP contribution in [0.2, 0.25) is 5.02 Å². The molecular formula is C12H12ClN3OS. The van der Waals surface area contributed by atoms with Crippen LogP contribution in [0.4, 0.5) is 5.69 Å². The van der Waals surface area contributed by atoms with Crippen molar-refractivity contribution in [3.63, 3.8) is 0 Å². The van der Waals surface area contributed by atoms with Gasteiger partial charge in [-0.3, -0.25) is 4.79 Å². The number of aryl methyl sites for hydroxylation is 1. The number of anilines is 1. The van der Waals surface area contributed by atoms with E-state index >= 15 is 0 Å². The Labute approximate surface area is 114 Å². The molecule has 0 radical (unpaired) electrons. The summed E-state index contributed by atoms with van der Waals surface area (Å²) in [6.07, 6.45) is 0. The standard InChI is InChI=1S/C12H12ClN3OS/c1-7-6-18-11(16-7)5-15-12(17)8-2-3-9(13)10(14)4-8/h2-4,6H,5,14H2,1H3,(H,15,17). The van der Waals surface area contributed by atoms with Crippen molar-refractivity contribution in [2.75, 3.05) is 5.73 Å². The first-order valence-corrected chi connectivity index (χ1v) is 6.56. The highest BCUT2D eigenvalue weighted by Crippen LogP contribution is 2.19. The summed E-state index contributed by atoms with van der Waals surface area (Å²) >= 11 is 7.32. The summed E-state index contributed by atoms with van der Waals surface area (Å²) in [6, 6.07) is 4.81. The van der Waals surface area contributed by atoms with Crippen molar-refractivity contribution in [1.29, 1.82) is 0 Å². The molecule has 0 aliphatic carbocycles. The summed E-state index contributed by atoms with van der Waals surface area (Å²) in [6.45, 7) is 2.33. The summed E-state index contributed by atoms with van der Waals surface area (Å²) in [5.41, 5.74) is 7.49. The lowest BCUT2D eigenvalue weighted by molar-refractivity contribution is 0.0951. The number of benzene rings is 1. The summed E-state index contributed by atoms with van der Waals surface area (Å²) in [5, 5.41) is 6.06. The van der Waals surface area contributed by atoms with Crippen molar-refractivity contribution in [3.8, 4) is 0 Å². The summed E-state index contributed by atoms with van der Waals surface area (Å²) in [7, 11) is 0. The fraction of sp³-hybridized carbons (Fsp3) is 0.167. The highest BCUT2D eigenvalue weighted by Gasteiger charge is 2.08. The Bertz CT molecular complexity index is 582. The minimum absolute atomic E-state index is 0.189. The van der Waals surface area contributed by atoms with Gasteiger partial charge in [0.15, 0.2) is 0 Å². The molecule has 0 atom stereocenters. The number of halogens is 1. The minimum atomic E-state index is -0.189. The molecule has 1 amide bonds. The average molecular weight is 282 g/mol. The second-order valence-electron chi connectivity index (χ2n) is 3.80. The zero-order chi connectivity index (χ0) is 13.1. The number of nitrogens with one attached hydrogen (secondary N) is 1. The lowest BCUT2D eigenvalue weighted by Crippen LogP contribution is -2.22. The fourth-order valence-electron chi connectivity index (χ4n) is 1.43. The molecule has 6 heteroatoms. The lowest BCUT2D eigenvalue weighted by atomic mass is 10.2.